The Morgan fingerprint density at radius 1 is 1.06 bits per heavy atom. The third-order valence-corrected chi connectivity index (χ3v) is 3.72. The van der Waals surface area contributed by atoms with Crippen LogP contribution in [0.1, 0.15) is 5.56 Å². The van der Waals surface area contributed by atoms with Gasteiger partial charge >= 0.3 is 0 Å². The number of pyridine rings is 1. The van der Waals surface area contributed by atoms with Crippen LogP contribution in [0.5, 0.6) is 0 Å². The third-order valence-electron chi connectivity index (χ3n) is 2.08. The Labute approximate surface area is 114 Å². The maximum absolute atomic E-state index is 6.04. The minimum absolute atomic E-state index is 0.654. The fourth-order valence-electron chi connectivity index (χ4n) is 1.25. The molecule has 0 aliphatic carbocycles. The third kappa shape index (κ3) is 3.50. The summed E-state index contributed by atoms with van der Waals surface area (Å²) in [7, 11) is 0. The number of rotatable bonds is 3. The second-order valence-electron chi connectivity index (χ2n) is 3.25. The molecule has 86 valence electrons. The van der Waals surface area contributed by atoms with Gasteiger partial charge in [-0.25, -0.2) is 0 Å². The minimum Gasteiger partial charge on any atom is -0.263 e. The van der Waals surface area contributed by atoms with Gasteiger partial charge in [0.25, 0.3) is 0 Å². The predicted octanol–water partition coefficient (Wildman–Crippen LogP) is 5.15. The van der Waals surface area contributed by atoms with Crippen molar-refractivity contribution >= 4 is 41.0 Å². The number of aromatic nitrogens is 1. The number of thioether (sulfide) groups is 1. The van der Waals surface area contributed by atoms with E-state index in [1.807, 2.05) is 41.8 Å². The molecule has 0 fully saturated rings. The molecule has 0 saturated carbocycles. The smallest absolute Gasteiger partial charge is 0.0728 e. The van der Waals surface area contributed by atoms with Crippen LogP contribution in [-0.4, -0.2) is 4.98 Å². The summed E-state index contributed by atoms with van der Waals surface area (Å²) in [6.07, 6.45) is 5.31. The van der Waals surface area contributed by atoms with Crippen molar-refractivity contribution in [3.05, 3.63) is 63.7 Å². The van der Waals surface area contributed by atoms with Crippen LogP contribution in [0.15, 0.2) is 53.0 Å². The average molecular weight is 282 g/mol. The Morgan fingerprint density at radius 2 is 1.88 bits per heavy atom. The van der Waals surface area contributed by atoms with Crippen LogP contribution >= 0.6 is 35.0 Å². The van der Waals surface area contributed by atoms with Gasteiger partial charge < -0.3 is 0 Å². The van der Waals surface area contributed by atoms with E-state index in [0.717, 1.165) is 15.5 Å². The molecular weight excluding hydrogens is 273 g/mol. The zero-order valence-corrected chi connectivity index (χ0v) is 11.1. The average Bonchev–Trinajstić information content (AvgIpc) is 2.34. The van der Waals surface area contributed by atoms with E-state index in [1.165, 1.54) is 11.8 Å². The summed E-state index contributed by atoms with van der Waals surface area (Å²) in [4.78, 5) is 4.91. The highest BCUT2D eigenvalue weighted by atomic mass is 35.5. The van der Waals surface area contributed by atoms with Gasteiger partial charge in [0.05, 0.1) is 5.02 Å². The fraction of sp³-hybridized carbons (Fsp3) is 0. The van der Waals surface area contributed by atoms with E-state index < -0.39 is 0 Å². The van der Waals surface area contributed by atoms with Gasteiger partial charge in [0.1, 0.15) is 0 Å². The van der Waals surface area contributed by atoms with Gasteiger partial charge in [0, 0.05) is 22.3 Å². The van der Waals surface area contributed by atoms with E-state index in [2.05, 4.69) is 4.98 Å². The first-order valence-electron chi connectivity index (χ1n) is 4.94. The lowest BCUT2D eigenvalue weighted by molar-refractivity contribution is 1.27. The molecule has 0 aliphatic heterocycles. The summed E-state index contributed by atoms with van der Waals surface area (Å²) in [6, 6.07) is 9.57. The molecule has 0 aliphatic rings. The zero-order valence-electron chi connectivity index (χ0n) is 8.81. The molecule has 0 amide bonds. The van der Waals surface area contributed by atoms with Crippen LogP contribution in [0.4, 0.5) is 0 Å². The monoisotopic (exact) mass is 281 g/mol. The van der Waals surface area contributed by atoms with Crippen LogP contribution in [0.25, 0.3) is 6.08 Å². The summed E-state index contributed by atoms with van der Waals surface area (Å²) < 4.78 is 0. The van der Waals surface area contributed by atoms with Crippen molar-refractivity contribution in [1.82, 2.24) is 4.98 Å². The first-order valence-corrected chi connectivity index (χ1v) is 6.58. The van der Waals surface area contributed by atoms with E-state index in [4.69, 9.17) is 23.2 Å². The van der Waals surface area contributed by atoms with Gasteiger partial charge in [-0.1, -0.05) is 53.2 Å². The number of halogens is 2. The summed E-state index contributed by atoms with van der Waals surface area (Å²) in [5, 5.41) is 3.36. The van der Waals surface area contributed by atoms with Crippen molar-refractivity contribution in [3.63, 3.8) is 0 Å². The first kappa shape index (κ1) is 12.5. The van der Waals surface area contributed by atoms with Crippen LogP contribution in [0.3, 0.4) is 0 Å². The van der Waals surface area contributed by atoms with E-state index in [-0.39, 0.29) is 0 Å². The molecule has 0 radical (unpaired) electrons. The highest BCUT2D eigenvalue weighted by molar-refractivity contribution is 8.02. The summed E-state index contributed by atoms with van der Waals surface area (Å²) in [6.45, 7) is 0. The largest absolute Gasteiger partial charge is 0.263 e. The maximum Gasteiger partial charge on any atom is 0.0728 e. The summed E-state index contributed by atoms with van der Waals surface area (Å²) in [5.74, 6) is 0. The van der Waals surface area contributed by atoms with Gasteiger partial charge in [0.15, 0.2) is 0 Å². The van der Waals surface area contributed by atoms with Crippen molar-refractivity contribution in [2.45, 2.75) is 4.90 Å². The molecule has 0 unspecified atom stereocenters. The van der Waals surface area contributed by atoms with Crippen LogP contribution in [-0.2, 0) is 0 Å². The molecule has 4 heteroatoms. The molecule has 1 heterocycles. The number of nitrogens with zero attached hydrogens (tertiary/aromatic N) is 1. The molecule has 1 nitrogen and oxygen atoms in total. The van der Waals surface area contributed by atoms with Gasteiger partial charge in [-0.3, -0.25) is 4.98 Å². The van der Waals surface area contributed by atoms with Crippen molar-refractivity contribution in [1.29, 1.82) is 0 Å². The molecule has 0 bridgehead atoms. The van der Waals surface area contributed by atoms with Crippen molar-refractivity contribution in [2.24, 2.45) is 0 Å². The number of hydrogen-bond acceptors (Lipinski definition) is 2. The highest BCUT2D eigenvalue weighted by Gasteiger charge is 1.98. The standard InChI is InChI=1S/C13H9Cl2NS/c14-11-4-2-1-3-10(11)6-8-17-13-5-7-16-9-12(13)15/h1-9H/b8-6+. The van der Waals surface area contributed by atoms with Gasteiger partial charge in [-0.05, 0) is 29.2 Å². The SMILES string of the molecule is Clc1ccccc1/C=C/Sc1ccncc1Cl. The molecule has 1 aromatic carbocycles. The first-order chi connectivity index (χ1) is 8.27. The number of benzene rings is 1. The topological polar surface area (TPSA) is 12.9 Å². The Hall–Kier alpha value is -0.960. The van der Waals surface area contributed by atoms with Gasteiger partial charge in [-0.2, -0.15) is 0 Å². The second-order valence-corrected chi connectivity index (χ2v) is 5.01. The van der Waals surface area contributed by atoms with Crippen LogP contribution in [0.2, 0.25) is 10.0 Å². The Bertz CT molecular complexity index is 540. The van der Waals surface area contributed by atoms with Gasteiger partial charge in [0.2, 0.25) is 0 Å². The van der Waals surface area contributed by atoms with E-state index >= 15 is 0 Å². The molecule has 1 aromatic heterocycles. The van der Waals surface area contributed by atoms with Gasteiger partial charge in [-0.15, -0.1) is 0 Å². The molecule has 0 saturated heterocycles. The molecule has 0 spiro atoms. The minimum atomic E-state index is 0.654. The molecule has 2 aromatic rings. The second kappa shape index (κ2) is 6.10. The molecular formula is C13H9Cl2NS. The molecule has 0 atom stereocenters. The van der Waals surface area contributed by atoms with Crippen molar-refractivity contribution in [2.75, 3.05) is 0 Å². The number of hydrogen-bond donors (Lipinski definition) is 0. The predicted molar refractivity (Wildman–Crippen MR) is 75.6 cm³/mol. The lowest BCUT2D eigenvalue weighted by Gasteiger charge is -1.99. The zero-order chi connectivity index (χ0) is 12.1. The summed E-state index contributed by atoms with van der Waals surface area (Å²) in [5.41, 5.74) is 0.992. The Balaban J connectivity index is 2.09. The lowest BCUT2D eigenvalue weighted by Crippen LogP contribution is -1.75. The highest BCUT2D eigenvalue weighted by Crippen LogP contribution is 2.27. The normalized spacial score (nSPS) is 10.9. The van der Waals surface area contributed by atoms with Crippen molar-refractivity contribution in [3.8, 4) is 0 Å². The quantitative estimate of drug-likeness (QED) is 0.722. The van der Waals surface area contributed by atoms with Crippen LogP contribution in [0, 0.1) is 0 Å². The Kier molecular flexibility index (Phi) is 4.49. The van der Waals surface area contributed by atoms with E-state index in [9.17, 15) is 0 Å². The Morgan fingerprint density at radius 3 is 2.65 bits per heavy atom. The van der Waals surface area contributed by atoms with E-state index in [1.54, 1.807) is 12.4 Å². The van der Waals surface area contributed by atoms with Crippen molar-refractivity contribution < 1.29 is 0 Å². The van der Waals surface area contributed by atoms with E-state index in [0.29, 0.717) is 5.02 Å². The molecule has 2 rings (SSSR count). The maximum atomic E-state index is 6.04. The molecule has 17 heavy (non-hydrogen) atoms. The van der Waals surface area contributed by atoms with Crippen LogP contribution < -0.4 is 0 Å². The lowest BCUT2D eigenvalue weighted by atomic mass is 10.2. The fourth-order valence-corrected chi connectivity index (χ4v) is 2.37. The summed E-state index contributed by atoms with van der Waals surface area (Å²) >= 11 is 13.6. The molecule has 0 N–H and O–H groups in total.